The fourth-order valence-electron chi connectivity index (χ4n) is 2.86. The molecule has 2 aromatic heterocycles. The van der Waals surface area contributed by atoms with Crippen LogP contribution in [0.15, 0.2) is 47.5 Å². The third kappa shape index (κ3) is 2.23. The van der Waals surface area contributed by atoms with Crippen molar-refractivity contribution in [1.29, 1.82) is 0 Å². The Morgan fingerprint density at radius 1 is 1.20 bits per heavy atom. The fourth-order valence-corrected chi connectivity index (χ4v) is 2.86. The van der Waals surface area contributed by atoms with E-state index in [1.165, 1.54) is 11.7 Å². The highest BCUT2D eigenvalue weighted by Gasteiger charge is 2.21. The maximum atomic E-state index is 12.4. The average molecular weight is 338 g/mol. The molecular formula is C17H14N4O4. The maximum Gasteiger partial charge on any atom is 0.333 e. The van der Waals surface area contributed by atoms with Crippen LogP contribution < -0.4 is 10.4 Å². The number of phenols is 1. The van der Waals surface area contributed by atoms with Gasteiger partial charge in [-0.1, -0.05) is 6.07 Å². The van der Waals surface area contributed by atoms with Gasteiger partial charge < -0.3 is 19.9 Å². The van der Waals surface area contributed by atoms with Crippen molar-refractivity contribution in [2.75, 3.05) is 7.11 Å². The lowest BCUT2D eigenvalue weighted by Gasteiger charge is -2.11. The molecule has 0 atom stereocenters. The van der Waals surface area contributed by atoms with E-state index < -0.39 is 5.69 Å². The number of hydrogen-bond donors (Lipinski definition) is 4. The Morgan fingerprint density at radius 3 is 2.84 bits per heavy atom. The Hall–Kier alpha value is -3.68. The summed E-state index contributed by atoms with van der Waals surface area (Å²) in [6, 6.07) is 10.0. The summed E-state index contributed by atoms with van der Waals surface area (Å²) in [4.78, 5) is 21.9. The van der Waals surface area contributed by atoms with Crippen molar-refractivity contribution in [2.45, 2.75) is 0 Å². The minimum atomic E-state index is -0.534. The number of phenolic OH excluding ortho intramolecular Hbond substituents is 1. The predicted molar refractivity (Wildman–Crippen MR) is 91.4 cm³/mol. The van der Waals surface area contributed by atoms with Crippen LogP contribution in [0.2, 0.25) is 0 Å². The van der Waals surface area contributed by atoms with E-state index in [9.17, 15) is 15.0 Å². The molecule has 4 N–H and O–H groups in total. The molecule has 0 spiro atoms. The largest absolute Gasteiger partial charge is 0.504 e. The maximum absolute atomic E-state index is 12.4. The van der Waals surface area contributed by atoms with Crippen molar-refractivity contribution in [2.24, 2.45) is 0 Å². The molecule has 8 nitrogen and oxygen atoms in total. The summed E-state index contributed by atoms with van der Waals surface area (Å²) in [6.45, 7) is 0. The number of fused-ring (bicyclic) bond motifs is 1. The Kier molecular flexibility index (Phi) is 3.24. The van der Waals surface area contributed by atoms with Crippen molar-refractivity contribution < 1.29 is 14.9 Å². The van der Waals surface area contributed by atoms with Gasteiger partial charge in [0.25, 0.3) is 0 Å². The van der Waals surface area contributed by atoms with Gasteiger partial charge in [0.15, 0.2) is 11.5 Å². The molecule has 0 fully saturated rings. The standard InChI is InChI=1S/C17H14N4O4/c1-25-13-4-2-3-10(15(13)22)14-16(23)20-17(24)21(14)9-5-6-11-12(7-9)19-8-18-11/h2-8,22-23H,1H3,(H,18,19)(H,20,24). The number of imidazole rings is 2. The number of nitrogens with zero attached hydrogens (tertiary/aromatic N) is 2. The summed E-state index contributed by atoms with van der Waals surface area (Å²) in [5.74, 6) is -0.282. The zero-order chi connectivity index (χ0) is 17.6. The van der Waals surface area contributed by atoms with Crippen LogP contribution in [0, 0.1) is 0 Å². The Labute approximate surface area is 141 Å². The Morgan fingerprint density at radius 2 is 2.04 bits per heavy atom. The number of para-hydroxylation sites is 1. The second-order valence-electron chi connectivity index (χ2n) is 5.42. The lowest BCUT2D eigenvalue weighted by atomic mass is 10.1. The minimum Gasteiger partial charge on any atom is -0.504 e. The molecule has 2 aromatic carbocycles. The SMILES string of the molecule is COc1cccc(-c2c(O)[nH]c(=O)n2-c2ccc3nc[nH]c3c2)c1O. The number of aromatic hydroxyl groups is 2. The van der Waals surface area contributed by atoms with E-state index in [0.29, 0.717) is 5.69 Å². The normalized spacial score (nSPS) is 11.1. The molecule has 2 heterocycles. The van der Waals surface area contributed by atoms with Crippen molar-refractivity contribution in [3.05, 3.63) is 53.2 Å². The summed E-state index contributed by atoms with van der Waals surface area (Å²) in [7, 11) is 1.43. The van der Waals surface area contributed by atoms with Gasteiger partial charge in [0, 0.05) is 5.56 Å². The molecule has 0 aliphatic heterocycles. The number of H-pyrrole nitrogens is 2. The summed E-state index contributed by atoms with van der Waals surface area (Å²) in [6.07, 6.45) is 1.56. The van der Waals surface area contributed by atoms with Gasteiger partial charge in [-0.2, -0.15) is 0 Å². The zero-order valence-corrected chi connectivity index (χ0v) is 13.1. The molecule has 25 heavy (non-hydrogen) atoms. The Bertz CT molecular complexity index is 1140. The number of ether oxygens (including phenoxy) is 1. The number of aromatic nitrogens is 4. The van der Waals surface area contributed by atoms with Crippen LogP contribution in [0.1, 0.15) is 0 Å². The monoisotopic (exact) mass is 338 g/mol. The van der Waals surface area contributed by atoms with E-state index in [1.54, 1.807) is 42.7 Å². The summed E-state index contributed by atoms with van der Waals surface area (Å²) in [5, 5.41) is 20.6. The molecule has 4 aromatic rings. The van der Waals surface area contributed by atoms with Crippen LogP contribution in [-0.2, 0) is 0 Å². The molecule has 0 aliphatic rings. The first kappa shape index (κ1) is 14.9. The first-order valence-electron chi connectivity index (χ1n) is 7.44. The van der Waals surface area contributed by atoms with Crippen LogP contribution in [0.5, 0.6) is 17.4 Å². The average Bonchev–Trinajstić information content (AvgIpc) is 3.18. The summed E-state index contributed by atoms with van der Waals surface area (Å²) in [5.41, 5.74) is 1.87. The van der Waals surface area contributed by atoms with E-state index in [4.69, 9.17) is 4.74 Å². The molecular weight excluding hydrogens is 324 g/mol. The number of nitrogens with one attached hydrogen (secondary N) is 2. The van der Waals surface area contributed by atoms with Gasteiger partial charge in [0.1, 0.15) is 5.69 Å². The highest BCUT2D eigenvalue weighted by atomic mass is 16.5. The molecule has 0 unspecified atom stereocenters. The van der Waals surface area contributed by atoms with E-state index in [2.05, 4.69) is 15.0 Å². The van der Waals surface area contributed by atoms with Crippen LogP contribution >= 0.6 is 0 Å². The van der Waals surface area contributed by atoms with Crippen molar-refractivity contribution in [3.8, 4) is 34.3 Å². The highest BCUT2D eigenvalue weighted by molar-refractivity contribution is 5.79. The Balaban J connectivity index is 2.00. The molecule has 0 bridgehead atoms. The predicted octanol–water partition coefficient (Wildman–Crippen LogP) is 2.13. The molecule has 0 aliphatic carbocycles. The molecule has 126 valence electrons. The number of methoxy groups -OCH3 is 1. The summed E-state index contributed by atoms with van der Waals surface area (Å²) >= 11 is 0. The first-order valence-corrected chi connectivity index (χ1v) is 7.44. The van der Waals surface area contributed by atoms with Crippen LogP contribution in [-0.4, -0.2) is 36.8 Å². The molecule has 0 amide bonds. The number of rotatable bonds is 3. The third-order valence-electron chi connectivity index (χ3n) is 4.01. The highest BCUT2D eigenvalue weighted by Crippen LogP contribution is 2.40. The molecule has 0 saturated heterocycles. The smallest absolute Gasteiger partial charge is 0.333 e. The van der Waals surface area contributed by atoms with E-state index in [0.717, 1.165) is 11.0 Å². The number of hydrogen-bond acceptors (Lipinski definition) is 5. The quantitative estimate of drug-likeness (QED) is 0.457. The van der Waals surface area contributed by atoms with Crippen molar-refractivity contribution in [1.82, 2.24) is 19.5 Å². The lowest BCUT2D eigenvalue weighted by Crippen LogP contribution is -2.15. The number of aromatic amines is 2. The van der Waals surface area contributed by atoms with Crippen molar-refractivity contribution >= 4 is 11.0 Å². The van der Waals surface area contributed by atoms with Gasteiger partial charge in [-0.3, -0.25) is 9.55 Å². The minimum absolute atomic E-state index is 0.139. The van der Waals surface area contributed by atoms with E-state index in [1.807, 2.05) is 0 Å². The second-order valence-corrected chi connectivity index (χ2v) is 5.42. The van der Waals surface area contributed by atoms with Gasteiger partial charge in [-0.05, 0) is 30.3 Å². The van der Waals surface area contributed by atoms with Crippen molar-refractivity contribution in [3.63, 3.8) is 0 Å². The molecule has 4 rings (SSSR count). The van der Waals surface area contributed by atoms with Gasteiger partial charge in [0.2, 0.25) is 5.88 Å². The fraction of sp³-hybridized carbons (Fsp3) is 0.0588. The van der Waals surface area contributed by atoms with Gasteiger partial charge in [-0.15, -0.1) is 0 Å². The molecule has 0 saturated carbocycles. The molecule has 8 heteroatoms. The van der Waals surface area contributed by atoms with Gasteiger partial charge in [0.05, 0.1) is 30.2 Å². The van der Waals surface area contributed by atoms with E-state index in [-0.39, 0.29) is 28.6 Å². The third-order valence-corrected chi connectivity index (χ3v) is 4.01. The molecule has 0 radical (unpaired) electrons. The first-order chi connectivity index (χ1) is 12.1. The van der Waals surface area contributed by atoms with Gasteiger partial charge in [-0.25, -0.2) is 9.78 Å². The number of benzene rings is 2. The van der Waals surface area contributed by atoms with Crippen LogP contribution in [0.4, 0.5) is 0 Å². The van der Waals surface area contributed by atoms with Gasteiger partial charge >= 0.3 is 5.69 Å². The lowest BCUT2D eigenvalue weighted by molar-refractivity contribution is 0.374. The van der Waals surface area contributed by atoms with E-state index >= 15 is 0 Å². The second kappa shape index (κ2) is 5.45. The van der Waals surface area contributed by atoms with Crippen LogP contribution in [0.25, 0.3) is 28.0 Å². The zero-order valence-electron chi connectivity index (χ0n) is 13.1. The summed E-state index contributed by atoms with van der Waals surface area (Å²) < 4.78 is 6.39. The van der Waals surface area contributed by atoms with Crippen LogP contribution in [0.3, 0.4) is 0 Å². The topological polar surface area (TPSA) is 116 Å².